The Labute approximate surface area is 85.0 Å². The molecule has 1 atom stereocenters. The van der Waals surface area contributed by atoms with Gasteiger partial charge in [-0.2, -0.15) is 0 Å². The summed E-state index contributed by atoms with van der Waals surface area (Å²) < 4.78 is 0. The predicted molar refractivity (Wildman–Crippen MR) is 53.3 cm³/mol. The van der Waals surface area contributed by atoms with E-state index in [2.05, 4.69) is 20.4 Å². The molecule has 2 rings (SSSR count). The number of nitrogens with zero attached hydrogens (tertiary/aromatic N) is 3. The fraction of sp³-hybridized carbons (Fsp3) is 0.125. The highest BCUT2D eigenvalue weighted by atomic mass is 32.1. The fourth-order valence-electron chi connectivity index (χ4n) is 1.17. The molecule has 0 aliphatic rings. The van der Waals surface area contributed by atoms with Gasteiger partial charge in [0.25, 0.3) is 0 Å². The van der Waals surface area contributed by atoms with Crippen LogP contribution in [0.5, 0.6) is 0 Å². The second-order valence-corrected chi connectivity index (χ2v) is 3.59. The lowest BCUT2D eigenvalue weighted by Gasteiger charge is -2.12. The van der Waals surface area contributed by atoms with Crippen LogP contribution in [-0.4, -0.2) is 15.0 Å². The van der Waals surface area contributed by atoms with Gasteiger partial charge in [0.05, 0.1) is 11.6 Å². The van der Waals surface area contributed by atoms with Crippen molar-refractivity contribution in [2.24, 2.45) is 5.84 Å². The molecule has 14 heavy (non-hydrogen) atoms. The Morgan fingerprint density at radius 3 is 2.57 bits per heavy atom. The molecule has 2 aromatic rings. The zero-order valence-electron chi connectivity index (χ0n) is 7.29. The van der Waals surface area contributed by atoms with Crippen LogP contribution >= 0.6 is 11.3 Å². The lowest BCUT2D eigenvalue weighted by Crippen LogP contribution is -2.28. The Bertz CT molecular complexity index is 374. The maximum Gasteiger partial charge on any atom is 0.115 e. The van der Waals surface area contributed by atoms with E-state index in [9.17, 15) is 0 Å². The van der Waals surface area contributed by atoms with E-state index in [4.69, 9.17) is 5.84 Å². The van der Waals surface area contributed by atoms with Crippen LogP contribution in [-0.2, 0) is 0 Å². The summed E-state index contributed by atoms with van der Waals surface area (Å²) >= 11 is 1.54. The highest BCUT2D eigenvalue weighted by molar-refractivity contribution is 7.09. The van der Waals surface area contributed by atoms with Crippen molar-refractivity contribution < 1.29 is 0 Å². The molecule has 0 bridgehead atoms. The summed E-state index contributed by atoms with van der Waals surface area (Å²) in [6.45, 7) is 0. The first kappa shape index (κ1) is 9.20. The Morgan fingerprint density at radius 1 is 1.21 bits per heavy atom. The van der Waals surface area contributed by atoms with Crippen molar-refractivity contribution >= 4 is 11.3 Å². The van der Waals surface area contributed by atoms with Gasteiger partial charge in [-0.05, 0) is 0 Å². The van der Waals surface area contributed by atoms with E-state index in [1.54, 1.807) is 35.4 Å². The van der Waals surface area contributed by atoms with Crippen molar-refractivity contribution in [3.8, 4) is 0 Å². The monoisotopic (exact) mass is 207 g/mol. The van der Waals surface area contributed by atoms with E-state index >= 15 is 0 Å². The minimum atomic E-state index is -0.0799. The number of hydrazine groups is 1. The van der Waals surface area contributed by atoms with E-state index in [1.807, 2.05) is 0 Å². The molecule has 0 radical (unpaired) electrons. The summed E-state index contributed by atoms with van der Waals surface area (Å²) in [6, 6.07) is -0.0799. The van der Waals surface area contributed by atoms with E-state index in [0.717, 1.165) is 10.4 Å². The largest absolute Gasteiger partial charge is 0.271 e. The molecule has 0 saturated carbocycles. The number of rotatable bonds is 3. The van der Waals surface area contributed by atoms with Gasteiger partial charge in [0.15, 0.2) is 0 Å². The number of nitrogens with two attached hydrogens (primary N) is 1. The molecule has 3 N–H and O–H groups in total. The van der Waals surface area contributed by atoms with Gasteiger partial charge in [0, 0.05) is 29.0 Å². The summed E-state index contributed by atoms with van der Waals surface area (Å²) in [5.41, 5.74) is 5.41. The lowest BCUT2D eigenvalue weighted by atomic mass is 10.1. The molecular weight excluding hydrogens is 198 g/mol. The molecule has 6 heteroatoms. The second kappa shape index (κ2) is 4.23. The Hall–Kier alpha value is -1.37. The molecule has 0 aromatic carbocycles. The van der Waals surface area contributed by atoms with Gasteiger partial charge < -0.3 is 0 Å². The number of hydrogen-bond donors (Lipinski definition) is 2. The van der Waals surface area contributed by atoms with Crippen LogP contribution in [0.25, 0.3) is 0 Å². The summed E-state index contributed by atoms with van der Waals surface area (Å²) in [6.07, 6.45) is 6.74. The van der Waals surface area contributed by atoms with Crippen molar-refractivity contribution in [1.82, 2.24) is 20.4 Å². The van der Waals surface area contributed by atoms with Crippen molar-refractivity contribution in [1.29, 1.82) is 0 Å². The van der Waals surface area contributed by atoms with Crippen LogP contribution < -0.4 is 11.3 Å². The van der Waals surface area contributed by atoms with Gasteiger partial charge in [0.2, 0.25) is 0 Å². The van der Waals surface area contributed by atoms with Gasteiger partial charge in [-0.25, -0.2) is 15.4 Å². The molecule has 2 heterocycles. The van der Waals surface area contributed by atoms with Gasteiger partial charge in [-0.15, -0.1) is 11.3 Å². The Kier molecular flexibility index (Phi) is 2.78. The topological polar surface area (TPSA) is 76.7 Å². The summed E-state index contributed by atoms with van der Waals surface area (Å²) in [7, 11) is 0. The van der Waals surface area contributed by atoms with E-state index < -0.39 is 0 Å². The van der Waals surface area contributed by atoms with Crippen molar-refractivity contribution in [2.75, 3.05) is 0 Å². The van der Waals surface area contributed by atoms with Crippen LogP contribution in [0.3, 0.4) is 0 Å². The molecule has 0 amide bonds. The van der Waals surface area contributed by atoms with Crippen molar-refractivity contribution in [3.63, 3.8) is 0 Å². The molecule has 5 nitrogen and oxygen atoms in total. The lowest BCUT2D eigenvalue weighted by molar-refractivity contribution is 0.640. The molecule has 1 unspecified atom stereocenters. The fourth-order valence-corrected chi connectivity index (χ4v) is 1.88. The molecular formula is C8H9N5S. The van der Waals surface area contributed by atoms with Crippen LogP contribution in [0.15, 0.2) is 30.4 Å². The third-order valence-corrected chi connectivity index (χ3v) is 2.66. The van der Waals surface area contributed by atoms with Crippen molar-refractivity contribution in [2.45, 2.75) is 6.04 Å². The minimum absolute atomic E-state index is 0.0799. The Morgan fingerprint density at radius 2 is 2.00 bits per heavy atom. The van der Waals surface area contributed by atoms with Gasteiger partial charge >= 0.3 is 0 Å². The van der Waals surface area contributed by atoms with E-state index in [-0.39, 0.29) is 6.04 Å². The number of thiazole rings is 1. The van der Waals surface area contributed by atoms with Crippen LogP contribution in [0.1, 0.15) is 16.5 Å². The third kappa shape index (κ3) is 1.77. The molecule has 0 aliphatic carbocycles. The van der Waals surface area contributed by atoms with Gasteiger partial charge in [0.1, 0.15) is 6.33 Å². The first-order chi connectivity index (χ1) is 6.92. The van der Waals surface area contributed by atoms with E-state index in [1.165, 1.54) is 6.33 Å². The number of aromatic nitrogens is 3. The quantitative estimate of drug-likeness (QED) is 0.565. The zero-order valence-corrected chi connectivity index (χ0v) is 8.11. The second-order valence-electron chi connectivity index (χ2n) is 2.68. The average Bonchev–Trinajstić information content (AvgIpc) is 2.74. The number of hydrogen-bond acceptors (Lipinski definition) is 6. The normalized spacial score (nSPS) is 12.6. The highest BCUT2D eigenvalue weighted by Gasteiger charge is 2.13. The first-order valence-electron chi connectivity index (χ1n) is 4.01. The van der Waals surface area contributed by atoms with Gasteiger partial charge in [-0.3, -0.25) is 10.8 Å². The smallest absolute Gasteiger partial charge is 0.115 e. The molecule has 0 fully saturated rings. The third-order valence-electron chi connectivity index (χ3n) is 1.82. The summed E-state index contributed by atoms with van der Waals surface area (Å²) in [4.78, 5) is 12.9. The van der Waals surface area contributed by atoms with E-state index in [0.29, 0.717) is 0 Å². The minimum Gasteiger partial charge on any atom is -0.271 e. The molecule has 2 aromatic heterocycles. The molecule has 72 valence electrons. The van der Waals surface area contributed by atoms with Crippen LogP contribution in [0.2, 0.25) is 0 Å². The van der Waals surface area contributed by atoms with Crippen LogP contribution in [0.4, 0.5) is 0 Å². The predicted octanol–water partition coefficient (Wildman–Crippen LogP) is 0.486. The maximum absolute atomic E-state index is 5.47. The molecule has 0 spiro atoms. The standard InChI is InChI=1S/C8H9N5S/c9-13-8(7-3-12-5-14-7)6-1-10-4-11-2-6/h1-5,8,13H,9H2. The summed E-state index contributed by atoms with van der Waals surface area (Å²) in [5, 5.41) is 0. The van der Waals surface area contributed by atoms with Crippen molar-refractivity contribution in [3.05, 3.63) is 40.9 Å². The molecule has 0 saturated heterocycles. The first-order valence-corrected chi connectivity index (χ1v) is 4.89. The average molecular weight is 207 g/mol. The highest BCUT2D eigenvalue weighted by Crippen LogP contribution is 2.22. The SMILES string of the molecule is NNC(c1cncnc1)c1cncs1. The summed E-state index contributed by atoms with van der Waals surface area (Å²) in [5.74, 6) is 5.47. The van der Waals surface area contributed by atoms with Crippen LogP contribution in [0, 0.1) is 0 Å². The number of nitrogens with one attached hydrogen (secondary N) is 1. The maximum atomic E-state index is 5.47. The zero-order chi connectivity index (χ0) is 9.80. The van der Waals surface area contributed by atoms with Gasteiger partial charge in [-0.1, -0.05) is 0 Å². The molecule has 0 aliphatic heterocycles. The Balaban J connectivity index is 2.31.